The second kappa shape index (κ2) is 9.80. The first-order valence-corrected chi connectivity index (χ1v) is 12.3. The number of unbranched alkanes of at least 4 members (excludes halogenated alkanes) is 7. The summed E-state index contributed by atoms with van der Waals surface area (Å²) in [6.07, 6.45) is 18.0. The zero-order valence-electron chi connectivity index (χ0n) is 15.6. The van der Waals surface area contributed by atoms with E-state index in [4.69, 9.17) is 6.42 Å². The molecule has 0 aliphatic rings. The summed E-state index contributed by atoms with van der Waals surface area (Å²) in [6.45, 7) is 2.28. The van der Waals surface area contributed by atoms with Crippen molar-refractivity contribution in [2.45, 2.75) is 64.7 Å². The third kappa shape index (κ3) is 5.04. The average Bonchev–Trinajstić information content (AvgIpc) is 3.03. The molecule has 1 aromatic heterocycles. The number of hydrogen-bond acceptors (Lipinski definition) is 0. The van der Waals surface area contributed by atoms with E-state index in [2.05, 4.69) is 59.1 Å². The van der Waals surface area contributed by atoms with Crippen molar-refractivity contribution < 1.29 is 0 Å². The Hall–Kier alpha value is -1.00. The van der Waals surface area contributed by atoms with Crippen molar-refractivity contribution in [1.29, 1.82) is 0 Å². The van der Waals surface area contributed by atoms with Gasteiger partial charge in [0.15, 0.2) is 0 Å². The quantitative estimate of drug-likeness (QED) is 0.171. The number of halogens is 1. The van der Waals surface area contributed by atoms with Crippen molar-refractivity contribution in [3.8, 4) is 12.3 Å². The molecule has 0 aliphatic carbocycles. The molecule has 2 aromatic carbocycles. The van der Waals surface area contributed by atoms with Crippen molar-refractivity contribution in [3.05, 3.63) is 44.8 Å². The van der Waals surface area contributed by atoms with E-state index in [9.17, 15) is 0 Å². The molecule has 2 heteroatoms. The van der Waals surface area contributed by atoms with Crippen LogP contribution < -0.4 is 0 Å². The molecule has 0 unspecified atom stereocenters. The number of hydrogen-bond donors (Lipinski definition) is 0. The molecule has 0 atom stereocenters. The summed E-state index contributed by atoms with van der Waals surface area (Å²) in [5.74, 6) is 2.76. The van der Waals surface area contributed by atoms with Gasteiger partial charge in [-0.15, -0.1) is 0 Å². The number of terminal acetylenes is 1. The molecule has 0 spiro atoms. The van der Waals surface area contributed by atoms with Gasteiger partial charge >= 0.3 is 173 Å². The van der Waals surface area contributed by atoms with E-state index in [-0.39, 0.29) is 0 Å². The molecule has 0 saturated heterocycles. The van der Waals surface area contributed by atoms with Crippen LogP contribution in [0.15, 0.2) is 34.8 Å². The average molecular weight is 474 g/mol. The van der Waals surface area contributed by atoms with E-state index in [1.54, 1.807) is 4.44 Å². The first-order chi connectivity index (χ1) is 12.7. The van der Waals surface area contributed by atoms with Gasteiger partial charge in [-0.05, 0) is 0 Å². The molecule has 26 heavy (non-hydrogen) atoms. The molecule has 1 heterocycles. The third-order valence-corrected chi connectivity index (χ3v) is 8.13. The van der Waals surface area contributed by atoms with E-state index >= 15 is 0 Å². The fourth-order valence-corrected chi connectivity index (χ4v) is 6.39. The predicted octanol–water partition coefficient (Wildman–Crippen LogP) is 7.48. The van der Waals surface area contributed by atoms with Gasteiger partial charge in [0.2, 0.25) is 0 Å². The molecule has 0 fully saturated rings. The standard InChI is InChI=1S/C24H27BrSe/c1-3-5-6-7-8-9-10-11-12-22-15-21-14-19-13-18(4-2)23(25)16-20(19)17-24(21)26-22/h2,13-17H,3,5-12H2,1H3. The number of rotatable bonds is 9. The van der Waals surface area contributed by atoms with Crippen LogP contribution in [0.3, 0.4) is 0 Å². The molecule has 3 aromatic rings. The molecule has 0 radical (unpaired) electrons. The first kappa shape index (κ1) is 19.8. The number of aryl methyl sites for hydroxylation is 1. The summed E-state index contributed by atoms with van der Waals surface area (Å²) in [4.78, 5) is 0. The van der Waals surface area contributed by atoms with Crippen LogP contribution in [0.4, 0.5) is 0 Å². The van der Waals surface area contributed by atoms with Gasteiger partial charge in [0.05, 0.1) is 0 Å². The van der Waals surface area contributed by atoms with Crippen LogP contribution in [-0.4, -0.2) is 14.5 Å². The Morgan fingerprint density at radius 1 is 0.846 bits per heavy atom. The van der Waals surface area contributed by atoms with Gasteiger partial charge in [0.1, 0.15) is 0 Å². The minimum atomic E-state index is 0.502. The van der Waals surface area contributed by atoms with E-state index in [0.717, 1.165) is 10.0 Å². The van der Waals surface area contributed by atoms with Crippen LogP contribution in [0, 0.1) is 12.3 Å². The molecular weight excluding hydrogens is 447 g/mol. The monoisotopic (exact) mass is 474 g/mol. The van der Waals surface area contributed by atoms with Crippen molar-refractivity contribution in [2.24, 2.45) is 0 Å². The SMILES string of the molecule is C#Cc1cc2cc3cc(CCCCCCCCCC)[se]c3cc2cc1Br. The van der Waals surface area contributed by atoms with Crippen molar-refractivity contribution >= 4 is 50.9 Å². The molecule has 0 aliphatic heterocycles. The second-order valence-corrected chi connectivity index (χ2v) is 10.5. The Balaban J connectivity index is 1.60. The Bertz CT molecular complexity index is 913. The molecule has 0 amide bonds. The minimum absolute atomic E-state index is 0.502. The van der Waals surface area contributed by atoms with Gasteiger partial charge in [0.25, 0.3) is 0 Å². The zero-order valence-corrected chi connectivity index (χ0v) is 18.9. The van der Waals surface area contributed by atoms with E-state index in [1.807, 2.05) is 0 Å². The third-order valence-electron chi connectivity index (χ3n) is 5.04. The normalized spacial score (nSPS) is 11.3. The second-order valence-electron chi connectivity index (χ2n) is 7.15. The van der Waals surface area contributed by atoms with Crippen LogP contribution in [0.2, 0.25) is 0 Å². The van der Waals surface area contributed by atoms with Crippen molar-refractivity contribution in [1.82, 2.24) is 0 Å². The summed E-state index contributed by atoms with van der Waals surface area (Å²) < 4.78 is 4.20. The van der Waals surface area contributed by atoms with Gasteiger partial charge in [-0.2, -0.15) is 0 Å². The zero-order chi connectivity index (χ0) is 18.4. The van der Waals surface area contributed by atoms with Crippen molar-refractivity contribution in [3.63, 3.8) is 0 Å². The Morgan fingerprint density at radius 2 is 1.54 bits per heavy atom. The van der Waals surface area contributed by atoms with Gasteiger partial charge < -0.3 is 0 Å². The summed E-state index contributed by atoms with van der Waals surface area (Å²) in [6, 6.07) is 11.4. The van der Waals surface area contributed by atoms with E-state index in [1.165, 1.54) is 78.2 Å². The number of fused-ring (bicyclic) bond motifs is 2. The molecule has 0 saturated carbocycles. The van der Waals surface area contributed by atoms with Crippen molar-refractivity contribution in [2.75, 3.05) is 0 Å². The van der Waals surface area contributed by atoms with Crippen LogP contribution in [0.5, 0.6) is 0 Å². The Kier molecular flexibility index (Phi) is 7.44. The summed E-state index contributed by atoms with van der Waals surface area (Å²) >= 11 is 4.09. The molecule has 0 N–H and O–H groups in total. The maximum absolute atomic E-state index is 5.60. The first-order valence-electron chi connectivity index (χ1n) is 9.83. The summed E-state index contributed by atoms with van der Waals surface area (Å²) in [5.41, 5.74) is 0.934. The maximum atomic E-state index is 5.60. The fraction of sp³-hybridized carbons (Fsp3) is 0.417. The van der Waals surface area contributed by atoms with E-state index in [0.29, 0.717) is 14.5 Å². The van der Waals surface area contributed by atoms with Crippen LogP contribution in [0.25, 0.3) is 20.4 Å². The molecular formula is C24H27BrSe. The van der Waals surface area contributed by atoms with Crippen LogP contribution >= 0.6 is 15.9 Å². The molecule has 136 valence electrons. The predicted molar refractivity (Wildman–Crippen MR) is 120 cm³/mol. The van der Waals surface area contributed by atoms with Gasteiger partial charge in [-0.3, -0.25) is 0 Å². The number of benzene rings is 2. The van der Waals surface area contributed by atoms with E-state index < -0.39 is 0 Å². The summed E-state index contributed by atoms with van der Waals surface area (Å²) in [5, 5.41) is 3.95. The molecule has 0 nitrogen and oxygen atoms in total. The van der Waals surface area contributed by atoms with Gasteiger partial charge in [-0.25, -0.2) is 0 Å². The fourth-order valence-electron chi connectivity index (χ4n) is 3.53. The van der Waals surface area contributed by atoms with Gasteiger partial charge in [-0.1, -0.05) is 0 Å². The molecule has 0 bridgehead atoms. The van der Waals surface area contributed by atoms with Crippen LogP contribution in [-0.2, 0) is 6.42 Å². The Morgan fingerprint density at radius 3 is 2.27 bits per heavy atom. The Labute approximate surface area is 172 Å². The summed E-state index contributed by atoms with van der Waals surface area (Å²) in [7, 11) is 0. The molecule has 3 rings (SSSR count). The van der Waals surface area contributed by atoms with Gasteiger partial charge in [0, 0.05) is 0 Å². The topological polar surface area (TPSA) is 0 Å². The van der Waals surface area contributed by atoms with Crippen LogP contribution in [0.1, 0.15) is 68.3 Å².